The number of rotatable bonds is 5. The van der Waals surface area contributed by atoms with E-state index in [2.05, 4.69) is 10.3 Å². The van der Waals surface area contributed by atoms with Gasteiger partial charge in [-0.15, -0.1) is 11.3 Å². The molecule has 104 valence electrons. The summed E-state index contributed by atoms with van der Waals surface area (Å²) in [5.41, 5.74) is 0.877. The van der Waals surface area contributed by atoms with Gasteiger partial charge in [0, 0.05) is 18.8 Å². The number of carbonyl (C=O) groups is 2. The van der Waals surface area contributed by atoms with E-state index in [-0.39, 0.29) is 11.7 Å². The standard InChI is InChI=1S/C14H14N2O3S/c1-9(17)11-4-5-12(20-11)14(18)16-8-10-3-6-13(19-2)15-7-10/h3-7H,8H2,1-2H3,(H,16,18). The average molecular weight is 290 g/mol. The summed E-state index contributed by atoms with van der Waals surface area (Å²) in [6.07, 6.45) is 1.65. The third-order valence-electron chi connectivity index (χ3n) is 2.64. The number of thiophene rings is 1. The Morgan fingerprint density at radius 3 is 2.55 bits per heavy atom. The Balaban J connectivity index is 1.95. The van der Waals surface area contributed by atoms with E-state index in [1.807, 2.05) is 6.07 Å². The summed E-state index contributed by atoms with van der Waals surface area (Å²) in [5, 5.41) is 2.78. The second-order valence-electron chi connectivity index (χ2n) is 4.11. The number of pyridine rings is 1. The highest BCUT2D eigenvalue weighted by molar-refractivity contribution is 7.15. The monoisotopic (exact) mass is 290 g/mol. The van der Waals surface area contributed by atoms with E-state index in [0.717, 1.165) is 5.56 Å². The first kappa shape index (κ1) is 14.2. The third kappa shape index (κ3) is 3.42. The summed E-state index contributed by atoms with van der Waals surface area (Å²) in [7, 11) is 1.55. The van der Waals surface area contributed by atoms with Crippen molar-refractivity contribution in [1.82, 2.24) is 10.3 Å². The van der Waals surface area contributed by atoms with Crippen LogP contribution in [0.3, 0.4) is 0 Å². The van der Waals surface area contributed by atoms with Gasteiger partial charge < -0.3 is 10.1 Å². The lowest BCUT2D eigenvalue weighted by Gasteiger charge is -2.04. The van der Waals surface area contributed by atoms with Crippen LogP contribution in [0.1, 0.15) is 31.8 Å². The van der Waals surface area contributed by atoms with Gasteiger partial charge in [0.2, 0.25) is 5.88 Å². The maximum atomic E-state index is 11.9. The third-order valence-corrected chi connectivity index (χ3v) is 3.82. The average Bonchev–Trinajstić information content (AvgIpc) is 2.95. The quantitative estimate of drug-likeness (QED) is 0.858. The molecule has 0 aliphatic rings. The number of ether oxygens (including phenoxy) is 1. The molecule has 2 aromatic rings. The molecule has 2 heterocycles. The van der Waals surface area contributed by atoms with Crippen LogP contribution in [0.4, 0.5) is 0 Å². The first-order valence-corrected chi connectivity index (χ1v) is 6.79. The minimum atomic E-state index is -0.196. The lowest BCUT2D eigenvalue weighted by Crippen LogP contribution is -2.21. The zero-order valence-electron chi connectivity index (χ0n) is 11.2. The molecule has 0 aliphatic heterocycles. The predicted molar refractivity (Wildman–Crippen MR) is 76.3 cm³/mol. The first-order valence-electron chi connectivity index (χ1n) is 5.98. The van der Waals surface area contributed by atoms with E-state index in [1.54, 1.807) is 31.5 Å². The molecule has 0 saturated carbocycles. The van der Waals surface area contributed by atoms with Crippen LogP contribution in [0.15, 0.2) is 30.5 Å². The molecule has 20 heavy (non-hydrogen) atoms. The molecule has 0 spiro atoms. The smallest absolute Gasteiger partial charge is 0.261 e. The van der Waals surface area contributed by atoms with Crippen molar-refractivity contribution >= 4 is 23.0 Å². The fraction of sp³-hybridized carbons (Fsp3) is 0.214. The lowest BCUT2D eigenvalue weighted by atomic mass is 10.3. The van der Waals surface area contributed by atoms with Crippen LogP contribution in [-0.4, -0.2) is 23.8 Å². The molecule has 2 rings (SSSR count). The van der Waals surface area contributed by atoms with E-state index < -0.39 is 0 Å². The number of amides is 1. The van der Waals surface area contributed by atoms with Gasteiger partial charge in [-0.1, -0.05) is 6.07 Å². The summed E-state index contributed by atoms with van der Waals surface area (Å²) in [4.78, 5) is 28.3. The van der Waals surface area contributed by atoms with Crippen molar-refractivity contribution in [2.45, 2.75) is 13.5 Å². The molecule has 6 heteroatoms. The molecule has 0 atom stereocenters. The highest BCUT2D eigenvalue weighted by Gasteiger charge is 2.11. The molecule has 0 radical (unpaired) electrons. The van der Waals surface area contributed by atoms with Gasteiger partial charge >= 0.3 is 0 Å². The molecule has 5 nitrogen and oxygen atoms in total. The molecule has 2 aromatic heterocycles. The first-order chi connectivity index (χ1) is 9.60. The maximum Gasteiger partial charge on any atom is 0.261 e. The molecule has 0 unspecified atom stereocenters. The molecule has 0 fully saturated rings. The number of nitrogens with zero attached hydrogens (tertiary/aromatic N) is 1. The SMILES string of the molecule is COc1ccc(CNC(=O)c2ccc(C(C)=O)s2)cn1. The molecule has 1 N–H and O–H groups in total. The summed E-state index contributed by atoms with van der Waals surface area (Å²) in [6.45, 7) is 1.86. The number of ketones is 1. The van der Waals surface area contributed by atoms with Gasteiger partial charge in [0.25, 0.3) is 5.91 Å². The zero-order chi connectivity index (χ0) is 14.5. The van der Waals surface area contributed by atoms with Crippen LogP contribution in [0.25, 0.3) is 0 Å². The van der Waals surface area contributed by atoms with Gasteiger partial charge in [0.1, 0.15) is 0 Å². The van der Waals surface area contributed by atoms with Crippen molar-refractivity contribution in [3.63, 3.8) is 0 Å². The second-order valence-corrected chi connectivity index (χ2v) is 5.20. The van der Waals surface area contributed by atoms with Gasteiger partial charge in [-0.25, -0.2) is 4.98 Å². The zero-order valence-corrected chi connectivity index (χ0v) is 12.0. The molecular weight excluding hydrogens is 276 g/mol. The van der Waals surface area contributed by atoms with Gasteiger partial charge in [-0.3, -0.25) is 9.59 Å². The fourth-order valence-electron chi connectivity index (χ4n) is 1.55. The number of aromatic nitrogens is 1. The topological polar surface area (TPSA) is 68.3 Å². The molecule has 0 bridgehead atoms. The Hall–Kier alpha value is -2.21. The van der Waals surface area contributed by atoms with Crippen LogP contribution < -0.4 is 10.1 Å². The summed E-state index contributed by atoms with van der Waals surface area (Å²) in [6, 6.07) is 6.89. The van der Waals surface area contributed by atoms with Crippen molar-refractivity contribution in [3.8, 4) is 5.88 Å². The van der Waals surface area contributed by atoms with E-state index in [9.17, 15) is 9.59 Å². The molecule has 0 aromatic carbocycles. The van der Waals surface area contributed by atoms with E-state index in [4.69, 9.17) is 4.74 Å². The number of nitrogens with one attached hydrogen (secondary N) is 1. The van der Waals surface area contributed by atoms with E-state index in [1.165, 1.54) is 18.3 Å². The van der Waals surface area contributed by atoms with Crippen LogP contribution in [0, 0.1) is 0 Å². The van der Waals surface area contributed by atoms with E-state index in [0.29, 0.717) is 22.2 Å². The van der Waals surface area contributed by atoms with Gasteiger partial charge in [0.15, 0.2) is 5.78 Å². The number of Topliss-reactive ketones (excluding diaryl/α,β-unsaturated/α-hetero) is 1. The van der Waals surface area contributed by atoms with Gasteiger partial charge in [0.05, 0.1) is 16.9 Å². The number of hydrogen-bond donors (Lipinski definition) is 1. The Morgan fingerprint density at radius 1 is 1.25 bits per heavy atom. The number of methoxy groups -OCH3 is 1. The Bertz CT molecular complexity index is 620. The van der Waals surface area contributed by atoms with Crippen LogP contribution in [0.2, 0.25) is 0 Å². The molecule has 0 aliphatic carbocycles. The van der Waals surface area contributed by atoms with Crippen molar-refractivity contribution < 1.29 is 14.3 Å². The van der Waals surface area contributed by atoms with Gasteiger partial charge in [-0.05, 0) is 24.6 Å². The van der Waals surface area contributed by atoms with Crippen LogP contribution >= 0.6 is 11.3 Å². The van der Waals surface area contributed by atoms with E-state index >= 15 is 0 Å². The van der Waals surface area contributed by atoms with Crippen LogP contribution in [0.5, 0.6) is 5.88 Å². The van der Waals surface area contributed by atoms with Crippen molar-refractivity contribution in [2.24, 2.45) is 0 Å². The molecular formula is C14H14N2O3S. The number of carbonyl (C=O) groups excluding carboxylic acids is 2. The molecule has 0 saturated heterocycles. The Labute approximate surface area is 120 Å². The predicted octanol–water partition coefficient (Wildman–Crippen LogP) is 2.28. The summed E-state index contributed by atoms with van der Waals surface area (Å²) >= 11 is 1.19. The lowest BCUT2D eigenvalue weighted by molar-refractivity contribution is 0.0954. The van der Waals surface area contributed by atoms with Crippen molar-refractivity contribution in [1.29, 1.82) is 0 Å². The maximum absolute atomic E-state index is 11.9. The van der Waals surface area contributed by atoms with Gasteiger partial charge in [-0.2, -0.15) is 0 Å². The summed E-state index contributed by atoms with van der Waals surface area (Å²) < 4.78 is 4.96. The minimum absolute atomic E-state index is 0.0339. The second kappa shape index (κ2) is 6.29. The normalized spacial score (nSPS) is 10.1. The molecule has 1 amide bonds. The summed E-state index contributed by atoms with van der Waals surface area (Å²) in [5.74, 6) is 0.302. The highest BCUT2D eigenvalue weighted by atomic mass is 32.1. The number of hydrogen-bond acceptors (Lipinski definition) is 5. The minimum Gasteiger partial charge on any atom is -0.481 e. The van der Waals surface area contributed by atoms with Crippen LogP contribution in [-0.2, 0) is 6.54 Å². The highest BCUT2D eigenvalue weighted by Crippen LogP contribution is 2.17. The van der Waals surface area contributed by atoms with Crippen molar-refractivity contribution in [2.75, 3.05) is 7.11 Å². The Kier molecular flexibility index (Phi) is 4.47. The Morgan fingerprint density at radius 2 is 2.00 bits per heavy atom. The largest absolute Gasteiger partial charge is 0.481 e. The fourth-order valence-corrected chi connectivity index (χ4v) is 2.37. The van der Waals surface area contributed by atoms with Crippen molar-refractivity contribution in [3.05, 3.63) is 45.8 Å².